The molecule has 0 atom stereocenters. The van der Waals surface area contributed by atoms with Crippen LogP contribution in [0.25, 0.3) is 0 Å². The van der Waals surface area contributed by atoms with E-state index in [9.17, 15) is 4.79 Å². The zero-order valence-electron chi connectivity index (χ0n) is 9.63. The molecule has 0 spiro atoms. The van der Waals surface area contributed by atoms with Crippen LogP contribution in [0.5, 0.6) is 0 Å². The summed E-state index contributed by atoms with van der Waals surface area (Å²) in [4.78, 5) is 12.3. The van der Waals surface area contributed by atoms with Gasteiger partial charge in [-0.25, -0.2) is 0 Å². The topological polar surface area (TPSA) is 43.1 Å². The van der Waals surface area contributed by atoms with Gasteiger partial charge in [-0.05, 0) is 18.8 Å². The van der Waals surface area contributed by atoms with Crippen LogP contribution >= 0.6 is 0 Å². The number of carbonyl (C=O) groups is 1. The maximum absolute atomic E-state index is 12.3. The molecule has 86 valence electrons. The molecule has 0 bridgehead atoms. The second kappa shape index (κ2) is 4.65. The molecule has 2 fully saturated rings. The van der Waals surface area contributed by atoms with Crippen molar-refractivity contribution >= 4 is 5.78 Å². The average Bonchev–Trinajstić information content (AvgIpc) is 2.24. The molecule has 2 aliphatic carbocycles. The molecule has 2 aliphatic rings. The lowest BCUT2D eigenvalue weighted by molar-refractivity contribution is -0.131. The van der Waals surface area contributed by atoms with Crippen LogP contribution < -0.4 is 5.73 Å². The highest BCUT2D eigenvalue weighted by molar-refractivity contribution is 5.85. The van der Waals surface area contributed by atoms with Crippen molar-refractivity contribution in [2.24, 2.45) is 17.1 Å². The third-order valence-corrected chi connectivity index (χ3v) is 4.49. The smallest absolute Gasteiger partial charge is 0.140 e. The van der Waals surface area contributed by atoms with Gasteiger partial charge in [-0.3, -0.25) is 4.79 Å². The first kappa shape index (κ1) is 11.1. The van der Waals surface area contributed by atoms with Crippen molar-refractivity contribution < 1.29 is 4.79 Å². The van der Waals surface area contributed by atoms with Crippen LogP contribution in [0, 0.1) is 11.3 Å². The summed E-state index contributed by atoms with van der Waals surface area (Å²) in [6.45, 7) is 0.582. The molecule has 0 heterocycles. The molecule has 0 aromatic rings. The Hall–Kier alpha value is -0.370. The van der Waals surface area contributed by atoms with Gasteiger partial charge in [0.25, 0.3) is 0 Å². The summed E-state index contributed by atoms with van der Waals surface area (Å²) in [5.74, 6) is 1.18. The fourth-order valence-electron chi connectivity index (χ4n) is 3.00. The van der Waals surface area contributed by atoms with E-state index in [4.69, 9.17) is 5.73 Å². The van der Waals surface area contributed by atoms with Crippen LogP contribution in [0.15, 0.2) is 0 Å². The molecule has 0 aromatic carbocycles. The molecule has 15 heavy (non-hydrogen) atoms. The van der Waals surface area contributed by atoms with Crippen LogP contribution in [-0.4, -0.2) is 12.3 Å². The summed E-state index contributed by atoms with van der Waals surface area (Å²) < 4.78 is 0. The van der Waals surface area contributed by atoms with Crippen LogP contribution in [-0.2, 0) is 4.79 Å². The highest BCUT2D eigenvalue weighted by Crippen LogP contribution is 2.40. The Morgan fingerprint density at radius 2 is 1.80 bits per heavy atom. The maximum atomic E-state index is 12.3. The Bertz CT molecular complexity index is 227. The van der Waals surface area contributed by atoms with Crippen molar-refractivity contribution in [2.45, 2.75) is 57.8 Å². The van der Waals surface area contributed by atoms with E-state index in [-0.39, 0.29) is 5.41 Å². The van der Waals surface area contributed by atoms with E-state index >= 15 is 0 Å². The van der Waals surface area contributed by atoms with E-state index in [1.807, 2.05) is 0 Å². The largest absolute Gasteiger partial charge is 0.329 e. The predicted octanol–water partition coefficient (Wildman–Crippen LogP) is 2.65. The lowest BCUT2D eigenvalue weighted by Crippen LogP contribution is -2.41. The predicted molar refractivity (Wildman–Crippen MR) is 61.5 cm³/mol. The molecular weight excluding hydrogens is 186 g/mol. The van der Waals surface area contributed by atoms with E-state index in [0.29, 0.717) is 18.2 Å². The van der Waals surface area contributed by atoms with Gasteiger partial charge in [-0.15, -0.1) is 0 Å². The highest BCUT2D eigenvalue weighted by atomic mass is 16.1. The summed E-state index contributed by atoms with van der Waals surface area (Å²) in [5.41, 5.74) is 5.74. The lowest BCUT2D eigenvalue weighted by Gasteiger charge is -2.37. The standard InChI is InChI=1S/C13H23NO/c14-10-13(7-2-1-3-8-13)12(15)9-11-5-4-6-11/h11H,1-10,14H2. The first-order chi connectivity index (χ1) is 7.27. The molecule has 0 aromatic heterocycles. The van der Waals surface area contributed by atoms with E-state index < -0.39 is 0 Å². The minimum absolute atomic E-state index is 0.117. The molecule has 0 unspecified atom stereocenters. The molecule has 2 heteroatoms. The molecule has 2 saturated carbocycles. The zero-order valence-corrected chi connectivity index (χ0v) is 9.63. The Morgan fingerprint density at radius 1 is 1.13 bits per heavy atom. The molecule has 2 N–H and O–H groups in total. The second-order valence-electron chi connectivity index (χ2n) is 5.47. The fourth-order valence-corrected chi connectivity index (χ4v) is 3.00. The fraction of sp³-hybridized carbons (Fsp3) is 0.923. The van der Waals surface area contributed by atoms with Gasteiger partial charge in [-0.1, -0.05) is 38.5 Å². The highest BCUT2D eigenvalue weighted by Gasteiger charge is 2.39. The van der Waals surface area contributed by atoms with Crippen molar-refractivity contribution in [3.05, 3.63) is 0 Å². The summed E-state index contributed by atoms with van der Waals surface area (Å²) in [6.07, 6.45) is 10.5. The molecule has 0 amide bonds. The number of hydrogen-bond acceptors (Lipinski definition) is 2. The normalized spacial score (nSPS) is 25.9. The Morgan fingerprint density at radius 3 is 2.27 bits per heavy atom. The van der Waals surface area contributed by atoms with E-state index in [1.54, 1.807) is 0 Å². The summed E-state index contributed by atoms with van der Waals surface area (Å²) in [5, 5.41) is 0. The summed E-state index contributed by atoms with van der Waals surface area (Å²) in [6, 6.07) is 0. The number of carbonyl (C=O) groups excluding carboxylic acids is 1. The lowest BCUT2D eigenvalue weighted by atomic mass is 9.67. The minimum Gasteiger partial charge on any atom is -0.329 e. The minimum atomic E-state index is -0.117. The molecule has 0 saturated heterocycles. The Kier molecular flexibility index (Phi) is 3.45. The molecule has 2 rings (SSSR count). The zero-order chi connectivity index (χ0) is 10.7. The second-order valence-corrected chi connectivity index (χ2v) is 5.47. The third kappa shape index (κ3) is 2.25. The van der Waals surface area contributed by atoms with Gasteiger partial charge < -0.3 is 5.73 Å². The molecule has 2 nitrogen and oxygen atoms in total. The van der Waals surface area contributed by atoms with Gasteiger partial charge in [-0.2, -0.15) is 0 Å². The van der Waals surface area contributed by atoms with Gasteiger partial charge >= 0.3 is 0 Å². The molecule has 0 aliphatic heterocycles. The third-order valence-electron chi connectivity index (χ3n) is 4.49. The van der Waals surface area contributed by atoms with Gasteiger partial charge in [0.2, 0.25) is 0 Å². The number of Topliss-reactive ketones (excluding diaryl/α,β-unsaturated/α-hetero) is 1. The van der Waals surface area contributed by atoms with Crippen molar-refractivity contribution in [3.8, 4) is 0 Å². The number of ketones is 1. The number of nitrogens with two attached hydrogens (primary N) is 1. The van der Waals surface area contributed by atoms with Gasteiger partial charge in [0.1, 0.15) is 5.78 Å². The SMILES string of the molecule is NCC1(C(=O)CC2CCC2)CCCCC1. The van der Waals surface area contributed by atoms with Gasteiger partial charge in [0.15, 0.2) is 0 Å². The quantitative estimate of drug-likeness (QED) is 0.773. The van der Waals surface area contributed by atoms with E-state index in [1.165, 1.54) is 38.5 Å². The van der Waals surface area contributed by atoms with Crippen molar-refractivity contribution in [2.75, 3.05) is 6.54 Å². The van der Waals surface area contributed by atoms with Crippen molar-refractivity contribution in [1.82, 2.24) is 0 Å². The molecular formula is C13H23NO. The van der Waals surface area contributed by atoms with Crippen LogP contribution in [0.2, 0.25) is 0 Å². The Balaban J connectivity index is 1.93. The van der Waals surface area contributed by atoms with Crippen molar-refractivity contribution in [3.63, 3.8) is 0 Å². The number of hydrogen-bond donors (Lipinski definition) is 1. The van der Waals surface area contributed by atoms with Crippen molar-refractivity contribution in [1.29, 1.82) is 0 Å². The first-order valence-corrected chi connectivity index (χ1v) is 6.50. The molecule has 0 radical (unpaired) electrons. The summed E-state index contributed by atoms with van der Waals surface area (Å²) in [7, 11) is 0. The van der Waals surface area contributed by atoms with E-state index in [2.05, 4.69) is 0 Å². The average molecular weight is 209 g/mol. The monoisotopic (exact) mass is 209 g/mol. The van der Waals surface area contributed by atoms with E-state index in [0.717, 1.165) is 19.3 Å². The first-order valence-electron chi connectivity index (χ1n) is 6.50. The van der Waals surface area contributed by atoms with Crippen LogP contribution in [0.1, 0.15) is 57.8 Å². The Labute approximate surface area is 92.6 Å². The van der Waals surface area contributed by atoms with Crippen LogP contribution in [0.3, 0.4) is 0 Å². The summed E-state index contributed by atoms with van der Waals surface area (Å²) >= 11 is 0. The van der Waals surface area contributed by atoms with Gasteiger partial charge in [0, 0.05) is 18.4 Å². The van der Waals surface area contributed by atoms with Gasteiger partial charge in [0.05, 0.1) is 0 Å². The maximum Gasteiger partial charge on any atom is 0.140 e. The van der Waals surface area contributed by atoms with Crippen LogP contribution in [0.4, 0.5) is 0 Å². The number of rotatable bonds is 4.